The van der Waals surface area contributed by atoms with E-state index in [2.05, 4.69) is 35.2 Å². The Hall–Kier alpha value is -0.280. The van der Waals surface area contributed by atoms with Crippen LogP contribution in [0.5, 0.6) is 0 Å². The van der Waals surface area contributed by atoms with Crippen molar-refractivity contribution in [1.82, 2.24) is 0 Å². The maximum atomic E-state index is 4.20. The molecular weight excluding hydrogens is 174 g/mol. The molecule has 1 nitrogen and oxygen atoms in total. The molecule has 2 rings (SSSR count). The third-order valence-corrected chi connectivity index (χ3v) is 3.09. The predicted molar refractivity (Wildman–Crippen MR) is 53.5 cm³/mol. The van der Waals surface area contributed by atoms with Crippen LogP contribution >= 0.6 is 22.5 Å². The van der Waals surface area contributed by atoms with Crippen molar-refractivity contribution in [1.29, 1.82) is 0 Å². The molecule has 58 valence electrons. The van der Waals surface area contributed by atoms with Crippen molar-refractivity contribution in [3.63, 3.8) is 0 Å². The Morgan fingerprint density at radius 3 is 3.18 bits per heavy atom. The van der Waals surface area contributed by atoms with Crippen molar-refractivity contribution in [2.75, 3.05) is 11.9 Å². The minimum absolute atomic E-state index is 1.07. The fraction of sp³-hybridized carbons (Fsp3) is 0.250. The zero-order valence-corrected chi connectivity index (χ0v) is 7.71. The van der Waals surface area contributed by atoms with Crippen molar-refractivity contribution in [3.8, 4) is 0 Å². The Kier molecular flexibility index (Phi) is 2.00. The van der Waals surface area contributed by atoms with Crippen LogP contribution in [0.15, 0.2) is 23.1 Å². The number of rotatable bonds is 1. The van der Waals surface area contributed by atoms with Crippen LogP contribution in [0.4, 0.5) is 5.69 Å². The molecular formula is C8H9NS2. The van der Waals surface area contributed by atoms with Crippen molar-refractivity contribution < 1.29 is 0 Å². The first kappa shape index (κ1) is 7.37. The summed E-state index contributed by atoms with van der Waals surface area (Å²) in [4.78, 5) is 1.29. The topological polar surface area (TPSA) is 12.0 Å². The number of hydrogen-bond acceptors (Lipinski definition) is 3. The summed E-state index contributed by atoms with van der Waals surface area (Å²) in [5.41, 5.74) is 2.71. The average Bonchev–Trinajstić information content (AvgIpc) is 2.50. The summed E-state index contributed by atoms with van der Waals surface area (Å²) in [7, 11) is 1.53. The van der Waals surface area contributed by atoms with Gasteiger partial charge in [-0.2, -0.15) is 0 Å². The van der Waals surface area contributed by atoms with Gasteiger partial charge in [-0.1, -0.05) is 16.9 Å². The Labute approximate surface area is 75.4 Å². The van der Waals surface area contributed by atoms with E-state index in [9.17, 15) is 0 Å². The normalized spacial score (nSPS) is 14.3. The van der Waals surface area contributed by atoms with Crippen LogP contribution in [-0.2, 0) is 6.42 Å². The molecule has 0 bridgehead atoms. The lowest BCUT2D eigenvalue weighted by molar-refractivity contribution is 1.08. The van der Waals surface area contributed by atoms with Crippen molar-refractivity contribution in [3.05, 3.63) is 23.8 Å². The monoisotopic (exact) mass is 183 g/mol. The number of hydrogen-bond donors (Lipinski definition) is 2. The molecule has 0 fully saturated rings. The van der Waals surface area contributed by atoms with E-state index in [1.54, 1.807) is 0 Å². The molecule has 0 aromatic heterocycles. The molecule has 1 aromatic carbocycles. The fourth-order valence-electron chi connectivity index (χ4n) is 1.40. The van der Waals surface area contributed by atoms with Crippen LogP contribution in [-0.4, -0.2) is 6.54 Å². The second-order valence-electron chi connectivity index (χ2n) is 2.55. The first-order valence-corrected chi connectivity index (χ1v) is 5.46. The summed E-state index contributed by atoms with van der Waals surface area (Å²) in [6.45, 7) is 1.07. The highest BCUT2D eigenvalue weighted by Gasteiger charge is 2.12. The number of thiol groups is 1. The highest BCUT2D eigenvalue weighted by molar-refractivity contribution is 8.68. The van der Waals surface area contributed by atoms with Gasteiger partial charge in [-0.15, -0.1) is 11.7 Å². The maximum absolute atomic E-state index is 4.20. The van der Waals surface area contributed by atoms with Gasteiger partial charge in [-0.25, -0.2) is 0 Å². The SMILES string of the molecule is SSc1cccc2c1CCN2. The van der Waals surface area contributed by atoms with Gasteiger partial charge in [0, 0.05) is 17.1 Å². The molecule has 0 spiro atoms. The molecule has 0 radical (unpaired) electrons. The van der Waals surface area contributed by atoms with Crippen LogP contribution < -0.4 is 5.32 Å². The lowest BCUT2D eigenvalue weighted by Gasteiger charge is -2.02. The van der Waals surface area contributed by atoms with Crippen LogP contribution in [0.25, 0.3) is 0 Å². The number of benzene rings is 1. The summed E-state index contributed by atoms with van der Waals surface area (Å²) >= 11 is 4.20. The molecule has 0 saturated heterocycles. The third-order valence-electron chi connectivity index (χ3n) is 1.92. The second-order valence-corrected chi connectivity index (χ2v) is 3.72. The second kappa shape index (κ2) is 2.99. The molecule has 11 heavy (non-hydrogen) atoms. The van der Waals surface area contributed by atoms with Gasteiger partial charge in [0.05, 0.1) is 0 Å². The molecule has 1 N–H and O–H groups in total. The van der Waals surface area contributed by atoms with Gasteiger partial charge >= 0.3 is 0 Å². The van der Waals surface area contributed by atoms with E-state index >= 15 is 0 Å². The van der Waals surface area contributed by atoms with E-state index in [0.29, 0.717) is 0 Å². The van der Waals surface area contributed by atoms with Crippen LogP contribution in [0.3, 0.4) is 0 Å². The average molecular weight is 183 g/mol. The maximum Gasteiger partial charge on any atom is 0.0385 e. The van der Waals surface area contributed by atoms with Gasteiger partial charge in [0.25, 0.3) is 0 Å². The molecule has 0 unspecified atom stereocenters. The van der Waals surface area contributed by atoms with Gasteiger partial charge in [-0.05, 0) is 24.1 Å². The van der Waals surface area contributed by atoms with E-state index in [4.69, 9.17) is 0 Å². The van der Waals surface area contributed by atoms with Gasteiger partial charge in [0.15, 0.2) is 0 Å². The summed E-state index contributed by atoms with van der Waals surface area (Å²) in [6, 6.07) is 6.30. The van der Waals surface area contributed by atoms with Gasteiger partial charge in [0.1, 0.15) is 0 Å². The fourth-order valence-corrected chi connectivity index (χ4v) is 2.37. The largest absolute Gasteiger partial charge is 0.384 e. The molecule has 0 atom stereocenters. The Bertz CT molecular complexity index is 273. The molecule has 3 heteroatoms. The van der Waals surface area contributed by atoms with E-state index < -0.39 is 0 Å². The number of nitrogens with one attached hydrogen (secondary N) is 1. The Balaban J connectivity index is 2.50. The molecule has 0 saturated carbocycles. The Morgan fingerprint density at radius 2 is 2.36 bits per heavy atom. The molecule has 0 amide bonds. The summed E-state index contributed by atoms with van der Waals surface area (Å²) in [6.07, 6.45) is 1.14. The molecule has 1 heterocycles. The lowest BCUT2D eigenvalue weighted by Crippen LogP contribution is -1.90. The predicted octanol–water partition coefficient (Wildman–Crippen LogP) is 2.59. The smallest absolute Gasteiger partial charge is 0.0385 e. The van der Waals surface area contributed by atoms with Crippen LogP contribution in [0.1, 0.15) is 5.56 Å². The van der Waals surface area contributed by atoms with Gasteiger partial charge in [-0.3, -0.25) is 0 Å². The first-order chi connectivity index (χ1) is 5.42. The van der Waals surface area contributed by atoms with E-state index in [-0.39, 0.29) is 0 Å². The zero-order valence-electron chi connectivity index (χ0n) is 6.00. The number of anilines is 1. The zero-order chi connectivity index (χ0) is 7.68. The third kappa shape index (κ3) is 1.23. The highest BCUT2D eigenvalue weighted by atomic mass is 33.1. The van der Waals surface area contributed by atoms with Crippen LogP contribution in [0.2, 0.25) is 0 Å². The summed E-state index contributed by atoms with van der Waals surface area (Å²) < 4.78 is 0. The van der Waals surface area contributed by atoms with E-state index in [1.807, 2.05) is 0 Å². The molecule has 1 aliphatic rings. The van der Waals surface area contributed by atoms with Gasteiger partial charge in [0.2, 0.25) is 0 Å². The molecule has 1 aliphatic heterocycles. The summed E-state index contributed by atoms with van der Waals surface area (Å²) in [5.74, 6) is 0. The highest BCUT2D eigenvalue weighted by Crippen LogP contribution is 2.33. The Morgan fingerprint density at radius 1 is 1.45 bits per heavy atom. The van der Waals surface area contributed by atoms with Crippen molar-refractivity contribution >= 4 is 28.1 Å². The number of fused-ring (bicyclic) bond motifs is 1. The lowest BCUT2D eigenvalue weighted by atomic mass is 10.2. The van der Waals surface area contributed by atoms with Crippen molar-refractivity contribution in [2.24, 2.45) is 0 Å². The summed E-state index contributed by atoms with van der Waals surface area (Å²) in [5, 5.41) is 3.33. The molecule has 1 aromatic rings. The first-order valence-electron chi connectivity index (χ1n) is 3.59. The van der Waals surface area contributed by atoms with Gasteiger partial charge < -0.3 is 5.32 Å². The van der Waals surface area contributed by atoms with E-state index in [1.165, 1.54) is 26.9 Å². The molecule has 0 aliphatic carbocycles. The van der Waals surface area contributed by atoms with Crippen molar-refractivity contribution in [2.45, 2.75) is 11.3 Å². The standard InChI is InChI=1S/C8H9NS2/c10-11-8-3-1-2-7-6(8)4-5-9-7/h1-3,9-10H,4-5H2. The minimum atomic E-state index is 1.07. The van der Waals surface area contributed by atoms with E-state index in [0.717, 1.165) is 13.0 Å². The quantitative estimate of drug-likeness (QED) is 0.513. The minimum Gasteiger partial charge on any atom is -0.384 e. The van der Waals surface area contributed by atoms with Crippen LogP contribution in [0, 0.1) is 0 Å².